The van der Waals surface area contributed by atoms with Crippen LogP contribution in [0.25, 0.3) is 0 Å². The van der Waals surface area contributed by atoms with Crippen LogP contribution in [0.2, 0.25) is 0 Å². The molecule has 0 unspecified atom stereocenters. The minimum Gasteiger partial charge on any atom is -0.361 e. The van der Waals surface area contributed by atoms with Crippen molar-refractivity contribution < 1.29 is 14.1 Å². The Bertz CT molecular complexity index is 1080. The number of anilines is 2. The lowest BCUT2D eigenvalue weighted by atomic mass is 10.1. The first-order valence-corrected chi connectivity index (χ1v) is 8.80. The van der Waals surface area contributed by atoms with Crippen molar-refractivity contribution in [2.24, 2.45) is 0 Å². The molecular weight excluding hydrogens is 370 g/mol. The fourth-order valence-electron chi connectivity index (χ4n) is 2.63. The van der Waals surface area contributed by atoms with Crippen molar-refractivity contribution in [1.82, 2.24) is 10.1 Å². The lowest BCUT2D eigenvalue weighted by Gasteiger charge is -2.17. The number of urea groups is 1. The molecule has 8 nitrogen and oxygen atoms in total. The third-order valence-corrected chi connectivity index (χ3v) is 4.05. The number of nitrogens with one attached hydrogen (secondary N) is 2. The highest BCUT2D eigenvalue weighted by atomic mass is 16.5. The summed E-state index contributed by atoms with van der Waals surface area (Å²) in [5, 5.41) is 18.3. The van der Waals surface area contributed by atoms with Crippen molar-refractivity contribution in [3.8, 4) is 6.07 Å². The molecule has 0 saturated heterocycles. The molecule has 0 aliphatic heterocycles. The van der Waals surface area contributed by atoms with Gasteiger partial charge in [-0.25, -0.2) is 4.79 Å². The molecule has 1 aromatic heterocycles. The van der Waals surface area contributed by atoms with Gasteiger partial charge in [0.2, 0.25) is 0 Å². The van der Waals surface area contributed by atoms with E-state index in [2.05, 4.69) is 15.8 Å². The van der Waals surface area contributed by atoms with Crippen LogP contribution in [0.5, 0.6) is 0 Å². The largest absolute Gasteiger partial charge is 0.361 e. The summed E-state index contributed by atoms with van der Waals surface area (Å²) in [6.07, 6.45) is 0. The van der Waals surface area contributed by atoms with Crippen LogP contribution in [-0.2, 0) is 6.54 Å². The number of hydrogen-bond donors (Lipinski definition) is 2. The van der Waals surface area contributed by atoms with Crippen LogP contribution >= 0.6 is 0 Å². The van der Waals surface area contributed by atoms with Gasteiger partial charge in [-0.1, -0.05) is 17.3 Å². The molecule has 0 saturated carbocycles. The van der Waals surface area contributed by atoms with E-state index in [9.17, 15) is 9.59 Å². The third-order valence-electron chi connectivity index (χ3n) is 4.05. The van der Waals surface area contributed by atoms with E-state index in [0.717, 1.165) is 0 Å². The van der Waals surface area contributed by atoms with E-state index in [1.54, 1.807) is 68.6 Å². The highest BCUT2D eigenvalue weighted by molar-refractivity contribution is 6.05. The maximum atomic E-state index is 12.5. The molecule has 2 N–H and O–H groups in total. The van der Waals surface area contributed by atoms with Gasteiger partial charge in [0, 0.05) is 30.1 Å². The summed E-state index contributed by atoms with van der Waals surface area (Å²) in [5.74, 6) is 0.329. The fourth-order valence-corrected chi connectivity index (χ4v) is 2.63. The van der Waals surface area contributed by atoms with Crippen molar-refractivity contribution in [3.05, 3.63) is 77.2 Å². The van der Waals surface area contributed by atoms with Gasteiger partial charge in [-0.15, -0.1) is 0 Å². The summed E-state index contributed by atoms with van der Waals surface area (Å²) >= 11 is 0. The third kappa shape index (κ3) is 5.20. The van der Waals surface area contributed by atoms with Gasteiger partial charge in [0.05, 0.1) is 18.2 Å². The Kier molecular flexibility index (Phi) is 5.90. The quantitative estimate of drug-likeness (QED) is 0.690. The number of carbonyl (C=O) groups excluding carboxylic acids is 2. The molecule has 3 rings (SSSR count). The van der Waals surface area contributed by atoms with Gasteiger partial charge in [0.15, 0.2) is 0 Å². The summed E-state index contributed by atoms with van der Waals surface area (Å²) in [4.78, 5) is 26.3. The van der Waals surface area contributed by atoms with Crippen LogP contribution in [0, 0.1) is 18.3 Å². The monoisotopic (exact) mass is 389 g/mol. The molecule has 0 radical (unpaired) electrons. The second-order valence-corrected chi connectivity index (χ2v) is 6.44. The van der Waals surface area contributed by atoms with Gasteiger partial charge in [-0.05, 0) is 43.3 Å². The highest BCUT2D eigenvalue weighted by Crippen LogP contribution is 2.15. The predicted molar refractivity (Wildman–Crippen MR) is 107 cm³/mol. The van der Waals surface area contributed by atoms with Crippen molar-refractivity contribution in [2.75, 3.05) is 17.7 Å². The van der Waals surface area contributed by atoms with Crippen LogP contribution in [0.15, 0.2) is 59.1 Å². The summed E-state index contributed by atoms with van der Waals surface area (Å²) in [6.45, 7) is 2.07. The second-order valence-electron chi connectivity index (χ2n) is 6.44. The molecule has 3 amide bonds. The lowest BCUT2D eigenvalue weighted by Crippen LogP contribution is -2.31. The van der Waals surface area contributed by atoms with Gasteiger partial charge in [-0.2, -0.15) is 5.26 Å². The Hall–Kier alpha value is -4.12. The predicted octanol–water partition coefficient (Wildman–Crippen LogP) is 3.77. The molecule has 1 heterocycles. The molecule has 3 aromatic rings. The number of amides is 3. The molecule has 0 aliphatic rings. The average Bonchev–Trinajstić information content (AvgIpc) is 3.12. The summed E-state index contributed by atoms with van der Waals surface area (Å²) in [7, 11) is 1.64. The van der Waals surface area contributed by atoms with Crippen LogP contribution < -0.4 is 10.6 Å². The first-order valence-electron chi connectivity index (χ1n) is 8.80. The zero-order valence-corrected chi connectivity index (χ0v) is 16.0. The molecule has 0 fully saturated rings. The summed E-state index contributed by atoms with van der Waals surface area (Å²) < 4.78 is 5.00. The molecule has 0 bridgehead atoms. The molecule has 2 aromatic carbocycles. The maximum absolute atomic E-state index is 12.5. The Morgan fingerprint density at radius 1 is 1.10 bits per heavy atom. The van der Waals surface area contributed by atoms with E-state index in [-0.39, 0.29) is 11.9 Å². The van der Waals surface area contributed by atoms with Gasteiger partial charge in [-0.3, -0.25) is 4.79 Å². The molecule has 0 aliphatic carbocycles. The zero-order valence-electron chi connectivity index (χ0n) is 16.0. The van der Waals surface area contributed by atoms with E-state index in [0.29, 0.717) is 40.5 Å². The van der Waals surface area contributed by atoms with Crippen LogP contribution in [0.3, 0.4) is 0 Å². The Morgan fingerprint density at radius 2 is 1.83 bits per heavy atom. The zero-order chi connectivity index (χ0) is 20.8. The first kappa shape index (κ1) is 19.6. The minimum absolute atomic E-state index is 0.290. The van der Waals surface area contributed by atoms with Crippen LogP contribution in [-0.4, -0.2) is 29.0 Å². The van der Waals surface area contributed by atoms with Crippen molar-refractivity contribution in [3.63, 3.8) is 0 Å². The topological polar surface area (TPSA) is 111 Å². The van der Waals surface area contributed by atoms with Crippen LogP contribution in [0.1, 0.15) is 27.4 Å². The SMILES string of the molecule is Cc1cc(CN(C)C(=O)Nc2cccc(C(=O)Nc3cccc(C#N)c3)c2)no1. The van der Waals surface area contributed by atoms with Crippen LogP contribution in [0.4, 0.5) is 16.2 Å². The second kappa shape index (κ2) is 8.71. The molecule has 0 spiro atoms. The van der Waals surface area contributed by atoms with E-state index in [4.69, 9.17) is 9.78 Å². The normalized spacial score (nSPS) is 10.1. The summed E-state index contributed by atoms with van der Waals surface area (Å²) in [5.41, 5.74) is 2.48. The fraction of sp³-hybridized carbons (Fsp3) is 0.143. The Morgan fingerprint density at radius 3 is 2.52 bits per heavy atom. The lowest BCUT2D eigenvalue weighted by molar-refractivity contribution is 0.102. The van der Waals surface area contributed by atoms with E-state index >= 15 is 0 Å². The highest BCUT2D eigenvalue weighted by Gasteiger charge is 2.13. The Labute approximate surface area is 167 Å². The van der Waals surface area contributed by atoms with E-state index < -0.39 is 0 Å². The smallest absolute Gasteiger partial charge is 0.321 e. The van der Waals surface area contributed by atoms with Gasteiger partial charge in [0.25, 0.3) is 5.91 Å². The number of carbonyl (C=O) groups is 2. The molecule has 8 heteroatoms. The number of benzene rings is 2. The molecular formula is C21H19N5O3. The maximum Gasteiger partial charge on any atom is 0.321 e. The number of nitriles is 1. The van der Waals surface area contributed by atoms with Crippen molar-refractivity contribution in [1.29, 1.82) is 5.26 Å². The van der Waals surface area contributed by atoms with Gasteiger partial charge < -0.3 is 20.1 Å². The standard InChI is InChI=1S/C21H19N5O3/c1-14-9-19(25-29-14)13-26(2)21(28)24-18-8-4-6-16(11-18)20(27)23-17-7-3-5-15(10-17)12-22/h3-11H,13H2,1-2H3,(H,23,27)(H,24,28). The minimum atomic E-state index is -0.345. The average molecular weight is 389 g/mol. The number of rotatable bonds is 5. The Balaban J connectivity index is 1.64. The number of aromatic nitrogens is 1. The molecule has 29 heavy (non-hydrogen) atoms. The molecule has 0 atom stereocenters. The number of nitrogens with zero attached hydrogens (tertiary/aromatic N) is 3. The van der Waals surface area contributed by atoms with Gasteiger partial charge in [0.1, 0.15) is 11.5 Å². The van der Waals surface area contributed by atoms with Crippen molar-refractivity contribution in [2.45, 2.75) is 13.5 Å². The number of aryl methyl sites for hydroxylation is 1. The summed E-state index contributed by atoms with van der Waals surface area (Å²) in [6, 6.07) is 16.7. The van der Waals surface area contributed by atoms with Crippen molar-refractivity contribution >= 4 is 23.3 Å². The van der Waals surface area contributed by atoms with E-state index in [1.807, 2.05) is 6.07 Å². The number of hydrogen-bond acceptors (Lipinski definition) is 5. The van der Waals surface area contributed by atoms with Gasteiger partial charge >= 0.3 is 6.03 Å². The first-order chi connectivity index (χ1) is 13.9. The molecule has 146 valence electrons. The van der Waals surface area contributed by atoms with E-state index in [1.165, 1.54) is 4.90 Å².